The SMILES string of the molecule is CCCCCCCCC/C=C/I. The Hall–Kier alpha value is 0.470. The van der Waals surface area contributed by atoms with Gasteiger partial charge in [-0.1, -0.05) is 74.1 Å². The molecule has 0 aliphatic rings. The molecule has 0 aliphatic heterocycles. The van der Waals surface area contributed by atoms with Gasteiger partial charge in [0.05, 0.1) is 0 Å². The molecule has 0 rings (SSSR count). The lowest BCUT2D eigenvalue weighted by Gasteiger charge is -1.98. The maximum absolute atomic E-state index is 2.29. The molecule has 0 bridgehead atoms. The summed E-state index contributed by atoms with van der Waals surface area (Å²) in [6.07, 6.45) is 13.4. The van der Waals surface area contributed by atoms with Crippen molar-refractivity contribution in [1.82, 2.24) is 0 Å². The molecule has 0 aromatic rings. The van der Waals surface area contributed by atoms with Crippen molar-refractivity contribution in [3.05, 3.63) is 10.2 Å². The summed E-state index contributed by atoms with van der Waals surface area (Å²) in [6, 6.07) is 0. The van der Waals surface area contributed by atoms with Crippen LogP contribution in [0, 0.1) is 0 Å². The van der Waals surface area contributed by atoms with Gasteiger partial charge in [0.25, 0.3) is 0 Å². The summed E-state index contributed by atoms with van der Waals surface area (Å²) in [5.74, 6) is 0. The first-order valence-corrected chi connectivity index (χ1v) is 6.41. The zero-order valence-electron chi connectivity index (χ0n) is 8.19. The van der Waals surface area contributed by atoms with Crippen LogP contribution in [0.2, 0.25) is 0 Å². The van der Waals surface area contributed by atoms with Gasteiger partial charge < -0.3 is 0 Å². The Morgan fingerprint density at radius 1 is 0.917 bits per heavy atom. The van der Waals surface area contributed by atoms with Gasteiger partial charge in [0.15, 0.2) is 0 Å². The zero-order valence-corrected chi connectivity index (χ0v) is 10.3. The van der Waals surface area contributed by atoms with Crippen LogP contribution < -0.4 is 0 Å². The molecule has 0 fully saturated rings. The highest BCUT2D eigenvalue weighted by Crippen LogP contribution is 2.08. The van der Waals surface area contributed by atoms with Gasteiger partial charge in [0, 0.05) is 0 Å². The highest BCUT2D eigenvalue weighted by Gasteiger charge is 1.88. The van der Waals surface area contributed by atoms with E-state index in [4.69, 9.17) is 0 Å². The Morgan fingerprint density at radius 3 is 2.08 bits per heavy atom. The number of hydrogen-bond acceptors (Lipinski definition) is 0. The average Bonchev–Trinajstić information content (AvgIpc) is 2.10. The molecule has 0 spiro atoms. The molecule has 0 unspecified atom stereocenters. The highest BCUT2D eigenvalue weighted by molar-refractivity contribution is 14.1. The van der Waals surface area contributed by atoms with Gasteiger partial charge in [-0.3, -0.25) is 0 Å². The highest BCUT2D eigenvalue weighted by atomic mass is 127. The topological polar surface area (TPSA) is 0 Å². The number of rotatable bonds is 8. The van der Waals surface area contributed by atoms with Crippen molar-refractivity contribution < 1.29 is 0 Å². The molecule has 0 N–H and O–H groups in total. The van der Waals surface area contributed by atoms with Crippen LogP contribution in [0.1, 0.15) is 58.3 Å². The van der Waals surface area contributed by atoms with Gasteiger partial charge >= 0.3 is 0 Å². The van der Waals surface area contributed by atoms with Gasteiger partial charge in [-0.25, -0.2) is 0 Å². The van der Waals surface area contributed by atoms with E-state index in [0.717, 1.165) is 0 Å². The molecule has 0 radical (unpaired) electrons. The summed E-state index contributed by atoms with van der Waals surface area (Å²) in [7, 11) is 0. The summed E-state index contributed by atoms with van der Waals surface area (Å²) in [6.45, 7) is 2.27. The van der Waals surface area contributed by atoms with Crippen molar-refractivity contribution >= 4 is 22.6 Å². The van der Waals surface area contributed by atoms with Gasteiger partial charge in [-0.05, 0) is 16.9 Å². The van der Waals surface area contributed by atoms with E-state index in [9.17, 15) is 0 Å². The predicted molar refractivity (Wildman–Crippen MR) is 65.8 cm³/mol. The third-order valence-corrected chi connectivity index (χ3v) is 2.57. The summed E-state index contributed by atoms with van der Waals surface area (Å²) < 4.78 is 2.12. The van der Waals surface area contributed by atoms with Crippen molar-refractivity contribution in [2.45, 2.75) is 58.3 Å². The zero-order chi connectivity index (χ0) is 9.07. The second kappa shape index (κ2) is 11.5. The largest absolute Gasteiger partial charge is 0.0785 e. The molecule has 0 atom stereocenters. The van der Waals surface area contributed by atoms with Gasteiger partial charge in [-0.15, -0.1) is 0 Å². The van der Waals surface area contributed by atoms with E-state index in [0.29, 0.717) is 0 Å². The van der Waals surface area contributed by atoms with Crippen LogP contribution in [-0.4, -0.2) is 0 Å². The van der Waals surface area contributed by atoms with Crippen molar-refractivity contribution in [3.63, 3.8) is 0 Å². The first kappa shape index (κ1) is 12.5. The summed E-state index contributed by atoms with van der Waals surface area (Å²) in [4.78, 5) is 0. The van der Waals surface area contributed by atoms with Crippen molar-refractivity contribution in [3.8, 4) is 0 Å². The Bertz CT molecular complexity index is 97.2. The number of halogens is 1. The van der Waals surface area contributed by atoms with Crippen LogP contribution in [0.15, 0.2) is 10.2 Å². The second-order valence-electron chi connectivity index (χ2n) is 3.27. The van der Waals surface area contributed by atoms with Gasteiger partial charge in [0.2, 0.25) is 0 Å². The van der Waals surface area contributed by atoms with E-state index in [1.165, 1.54) is 51.4 Å². The summed E-state index contributed by atoms with van der Waals surface area (Å²) in [5.41, 5.74) is 0. The lowest BCUT2D eigenvalue weighted by Crippen LogP contribution is -1.78. The molecule has 72 valence electrons. The quantitative estimate of drug-likeness (QED) is 0.430. The third-order valence-electron chi connectivity index (χ3n) is 2.06. The van der Waals surface area contributed by atoms with Crippen LogP contribution in [0.4, 0.5) is 0 Å². The van der Waals surface area contributed by atoms with Gasteiger partial charge in [-0.2, -0.15) is 0 Å². The minimum absolute atomic E-state index is 1.27. The molecule has 0 saturated carbocycles. The van der Waals surface area contributed by atoms with E-state index in [1.54, 1.807) is 0 Å². The van der Waals surface area contributed by atoms with Crippen molar-refractivity contribution in [2.24, 2.45) is 0 Å². The van der Waals surface area contributed by atoms with Crippen LogP contribution >= 0.6 is 22.6 Å². The van der Waals surface area contributed by atoms with Crippen LogP contribution in [-0.2, 0) is 0 Å². The number of allylic oxidation sites excluding steroid dienone is 1. The Balaban J connectivity index is 2.81. The standard InChI is InChI=1S/C11H21I/c1-2-3-4-5-6-7-8-9-10-11-12/h10-11H,2-9H2,1H3/b11-10+. The predicted octanol–water partition coefficient (Wildman–Crippen LogP) is 5.08. The third kappa shape index (κ3) is 10.5. The van der Waals surface area contributed by atoms with E-state index in [2.05, 4.69) is 39.7 Å². The van der Waals surface area contributed by atoms with E-state index >= 15 is 0 Å². The minimum atomic E-state index is 1.27. The molecule has 0 aromatic carbocycles. The van der Waals surface area contributed by atoms with Crippen LogP contribution in [0.3, 0.4) is 0 Å². The Kier molecular flexibility index (Phi) is 11.9. The number of hydrogen-bond donors (Lipinski definition) is 0. The molecule has 1 heteroatoms. The smallest absolute Gasteiger partial charge is 0.0274 e. The summed E-state index contributed by atoms with van der Waals surface area (Å²) >= 11 is 2.29. The second-order valence-corrected chi connectivity index (χ2v) is 3.99. The molecule has 0 aliphatic carbocycles. The average molecular weight is 280 g/mol. The number of unbranched alkanes of at least 4 members (excludes halogenated alkanes) is 7. The van der Waals surface area contributed by atoms with Crippen LogP contribution in [0.5, 0.6) is 0 Å². The van der Waals surface area contributed by atoms with E-state index in [-0.39, 0.29) is 0 Å². The van der Waals surface area contributed by atoms with Crippen molar-refractivity contribution in [2.75, 3.05) is 0 Å². The monoisotopic (exact) mass is 280 g/mol. The Labute approximate surface area is 91.0 Å². The van der Waals surface area contributed by atoms with Crippen molar-refractivity contribution in [1.29, 1.82) is 0 Å². The lowest BCUT2D eigenvalue weighted by molar-refractivity contribution is 0.592. The molecule has 0 saturated heterocycles. The summed E-state index contributed by atoms with van der Waals surface area (Å²) in [5, 5.41) is 0. The lowest BCUT2D eigenvalue weighted by atomic mass is 10.1. The fourth-order valence-corrected chi connectivity index (χ4v) is 1.64. The fourth-order valence-electron chi connectivity index (χ4n) is 1.28. The molecule has 0 nitrogen and oxygen atoms in total. The van der Waals surface area contributed by atoms with Crippen LogP contribution in [0.25, 0.3) is 0 Å². The maximum Gasteiger partial charge on any atom is -0.0274 e. The normalized spacial score (nSPS) is 11.2. The minimum Gasteiger partial charge on any atom is -0.0785 e. The fraction of sp³-hybridized carbons (Fsp3) is 0.818. The van der Waals surface area contributed by atoms with E-state index < -0.39 is 0 Å². The van der Waals surface area contributed by atoms with E-state index in [1.807, 2.05) is 0 Å². The molecular weight excluding hydrogens is 259 g/mol. The molecule has 12 heavy (non-hydrogen) atoms. The first-order chi connectivity index (χ1) is 5.91. The molecule has 0 heterocycles. The maximum atomic E-state index is 2.29. The molecule has 0 aromatic heterocycles. The van der Waals surface area contributed by atoms with Gasteiger partial charge in [0.1, 0.15) is 0 Å². The molecular formula is C11H21I. The Morgan fingerprint density at radius 2 is 1.50 bits per heavy atom. The molecule has 0 amide bonds. The first-order valence-electron chi connectivity index (χ1n) is 5.17.